The van der Waals surface area contributed by atoms with E-state index >= 15 is 0 Å². The van der Waals surface area contributed by atoms with Gasteiger partial charge >= 0.3 is 7.12 Å². The molecule has 1 aromatic rings. The Morgan fingerprint density at radius 2 is 1.79 bits per heavy atom. The lowest BCUT2D eigenvalue weighted by Crippen LogP contribution is -2.41. The minimum absolute atomic E-state index is 0.112. The summed E-state index contributed by atoms with van der Waals surface area (Å²) in [6, 6.07) is 1.57. The molecule has 0 radical (unpaired) electrons. The molecule has 0 bridgehead atoms. The predicted octanol–water partition coefficient (Wildman–Crippen LogP) is 2.33. The molecule has 102 valence electrons. The number of H-pyrrole nitrogens is 1. The maximum absolute atomic E-state index is 11.3. The van der Waals surface area contributed by atoms with Crippen molar-refractivity contribution in [3.8, 4) is 0 Å². The number of aryl methyl sites for hydroxylation is 1. The SMILES string of the molecule is Cc1c[nH]c(=O)cc1/C=C/B1OC(C)(C)C(C)(C)O1. The van der Waals surface area contributed by atoms with Gasteiger partial charge in [-0.2, -0.15) is 0 Å². The van der Waals surface area contributed by atoms with Crippen molar-refractivity contribution < 1.29 is 9.31 Å². The minimum atomic E-state index is -0.385. The topological polar surface area (TPSA) is 51.3 Å². The number of aromatic nitrogens is 1. The molecule has 2 rings (SSSR count). The van der Waals surface area contributed by atoms with Gasteiger partial charge in [0.05, 0.1) is 11.2 Å². The summed E-state index contributed by atoms with van der Waals surface area (Å²) in [4.78, 5) is 13.9. The Labute approximate surface area is 114 Å². The van der Waals surface area contributed by atoms with E-state index in [0.29, 0.717) is 0 Å². The Balaban J connectivity index is 2.17. The highest BCUT2D eigenvalue weighted by molar-refractivity contribution is 6.52. The average molecular weight is 261 g/mol. The fourth-order valence-corrected chi connectivity index (χ4v) is 1.89. The first-order chi connectivity index (χ1) is 8.71. The molecule has 0 amide bonds. The Morgan fingerprint density at radius 3 is 2.37 bits per heavy atom. The van der Waals surface area contributed by atoms with Crippen LogP contribution in [0.4, 0.5) is 0 Å². The van der Waals surface area contributed by atoms with Gasteiger partial charge in [0.2, 0.25) is 5.56 Å². The number of nitrogens with one attached hydrogen (secondary N) is 1. The highest BCUT2D eigenvalue weighted by atomic mass is 16.7. The molecule has 1 aliphatic heterocycles. The van der Waals surface area contributed by atoms with Gasteiger partial charge in [0.25, 0.3) is 0 Å². The molecule has 1 aromatic heterocycles. The third kappa shape index (κ3) is 2.82. The van der Waals surface area contributed by atoms with Gasteiger partial charge in [0, 0.05) is 12.3 Å². The smallest absolute Gasteiger partial charge is 0.400 e. The Kier molecular flexibility index (Phi) is 3.45. The highest BCUT2D eigenvalue weighted by Crippen LogP contribution is 2.37. The number of aromatic amines is 1. The lowest BCUT2D eigenvalue weighted by molar-refractivity contribution is 0.00578. The fourth-order valence-electron chi connectivity index (χ4n) is 1.89. The van der Waals surface area contributed by atoms with E-state index in [1.165, 1.54) is 0 Å². The maximum Gasteiger partial charge on any atom is 0.487 e. The molecule has 0 aromatic carbocycles. The van der Waals surface area contributed by atoms with E-state index < -0.39 is 0 Å². The average Bonchev–Trinajstić information content (AvgIpc) is 2.49. The number of rotatable bonds is 2. The summed E-state index contributed by atoms with van der Waals surface area (Å²) >= 11 is 0. The molecule has 5 heteroatoms. The van der Waals surface area contributed by atoms with Crippen LogP contribution in [0.15, 0.2) is 23.0 Å². The van der Waals surface area contributed by atoms with Crippen LogP contribution in [0.5, 0.6) is 0 Å². The zero-order valence-corrected chi connectivity index (χ0v) is 12.1. The van der Waals surface area contributed by atoms with E-state index in [-0.39, 0.29) is 23.9 Å². The molecular weight excluding hydrogens is 241 g/mol. The molecular formula is C14H20BNO3. The van der Waals surface area contributed by atoms with Gasteiger partial charge in [-0.15, -0.1) is 0 Å². The second-order valence-corrected chi connectivity index (χ2v) is 5.92. The van der Waals surface area contributed by atoms with Crippen LogP contribution in [-0.2, 0) is 9.31 Å². The van der Waals surface area contributed by atoms with Crippen LogP contribution in [0.2, 0.25) is 0 Å². The number of hydrogen-bond donors (Lipinski definition) is 1. The van der Waals surface area contributed by atoms with Crippen LogP contribution >= 0.6 is 0 Å². The fraction of sp³-hybridized carbons (Fsp3) is 0.500. The van der Waals surface area contributed by atoms with Crippen molar-refractivity contribution in [2.75, 3.05) is 0 Å². The van der Waals surface area contributed by atoms with Gasteiger partial charge < -0.3 is 14.3 Å². The zero-order chi connectivity index (χ0) is 14.3. The first kappa shape index (κ1) is 14.1. The molecule has 0 atom stereocenters. The molecule has 2 heterocycles. The third-order valence-electron chi connectivity index (χ3n) is 3.88. The van der Waals surface area contributed by atoms with Crippen molar-refractivity contribution in [1.82, 2.24) is 4.98 Å². The second-order valence-electron chi connectivity index (χ2n) is 5.92. The van der Waals surface area contributed by atoms with Gasteiger partial charge in [-0.1, -0.05) is 12.1 Å². The van der Waals surface area contributed by atoms with E-state index in [9.17, 15) is 4.79 Å². The highest BCUT2D eigenvalue weighted by Gasteiger charge is 2.49. The van der Waals surface area contributed by atoms with E-state index in [4.69, 9.17) is 9.31 Å². The van der Waals surface area contributed by atoms with Crippen molar-refractivity contribution in [3.63, 3.8) is 0 Å². The third-order valence-corrected chi connectivity index (χ3v) is 3.88. The van der Waals surface area contributed by atoms with Gasteiger partial charge in [-0.25, -0.2) is 0 Å². The Morgan fingerprint density at radius 1 is 1.21 bits per heavy atom. The molecule has 19 heavy (non-hydrogen) atoms. The van der Waals surface area contributed by atoms with E-state index in [1.54, 1.807) is 12.3 Å². The molecule has 0 spiro atoms. The number of hydrogen-bond acceptors (Lipinski definition) is 3. The van der Waals surface area contributed by atoms with Crippen LogP contribution in [0.1, 0.15) is 38.8 Å². The Hall–Kier alpha value is -1.33. The summed E-state index contributed by atoms with van der Waals surface area (Å²) < 4.78 is 11.7. The maximum atomic E-state index is 11.3. The summed E-state index contributed by atoms with van der Waals surface area (Å²) in [6.07, 6.45) is 3.57. The van der Waals surface area contributed by atoms with Crippen molar-refractivity contribution in [1.29, 1.82) is 0 Å². The lowest BCUT2D eigenvalue weighted by Gasteiger charge is -2.32. The van der Waals surface area contributed by atoms with Crippen LogP contribution < -0.4 is 5.56 Å². The molecule has 4 nitrogen and oxygen atoms in total. The monoisotopic (exact) mass is 261 g/mol. The zero-order valence-electron chi connectivity index (χ0n) is 12.1. The standard InChI is InChI=1S/C14H20BNO3/c1-10-9-16-12(17)8-11(10)6-7-15-18-13(2,3)14(4,5)19-15/h6-9H,1-5H3,(H,16,17)/b7-6+. The normalized spacial score (nSPS) is 21.2. The first-order valence-corrected chi connectivity index (χ1v) is 6.44. The number of pyridine rings is 1. The predicted molar refractivity (Wildman–Crippen MR) is 76.9 cm³/mol. The Bertz CT molecular complexity index is 544. The van der Waals surface area contributed by atoms with Gasteiger partial charge in [-0.3, -0.25) is 4.79 Å². The van der Waals surface area contributed by atoms with Crippen molar-refractivity contribution in [3.05, 3.63) is 39.7 Å². The first-order valence-electron chi connectivity index (χ1n) is 6.44. The molecule has 1 N–H and O–H groups in total. The van der Waals surface area contributed by atoms with Gasteiger partial charge in [0.1, 0.15) is 0 Å². The summed E-state index contributed by atoms with van der Waals surface area (Å²) in [7, 11) is -0.385. The van der Waals surface area contributed by atoms with Crippen LogP contribution in [0, 0.1) is 6.92 Å². The summed E-state index contributed by atoms with van der Waals surface area (Å²) in [6.45, 7) is 10.00. The summed E-state index contributed by atoms with van der Waals surface area (Å²) in [5, 5.41) is 0. The molecule has 1 fully saturated rings. The molecule has 0 aliphatic carbocycles. The summed E-state index contributed by atoms with van der Waals surface area (Å²) in [5.41, 5.74) is 1.08. The van der Waals surface area contributed by atoms with E-state index in [1.807, 2.05) is 46.7 Å². The van der Waals surface area contributed by atoms with Crippen LogP contribution in [-0.4, -0.2) is 23.3 Å². The van der Waals surface area contributed by atoms with Crippen molar-refractivity contribution in [2.45, 2.75) is 45.8 Å². The largest absolute Gasteiger partial charge is 0.487 e. The summed E-state index contributed by atoms with van der Waals surface area (Å²) in [5.74, 6) is 1.85. The quantitative estimate of drug-likeness (QED) is 0.831. The van der Waals surface area contributed by atoms with Crippen LogP contribution in [0.3, 0.4) is 0 Å². The van der Waals surface area contributed by atoms with E-state index in [2.05, 4.69) is 4.98 Å². The lowest BCUT2D eigenvalue weighted by atomic mass is 9.89. The van der Waals surface area contributed by atoms with Crippen molar-refractivity contribution >= 4 is 13.2 Å². The van der Waals surface area contributed by atoms with Gasteiger partial charge in [0.15, 0.2) is 0 Å². The van der Waals surface area contributed by atoms with Gasteiger partial charge in [-0.05, 0) is 45.7 Å². The van der Waals surface area contributed by atoms with Crippen LogP contribution in [0.25, 0.3) is 6.08 Å². The molecule has 1 saturated heterocycles. The van der Waals surface area contributed by atoms with E-state index in [0.717, 1.165) is 11.1 Å². The second kappa shape index (κ2) is 4.65. The minimum Gasteiger partial charge on any atom is -0.400 e. The van der Waals surface area contributed by atoms with Crippen molar-refractivity contribution in [2.24, 2.45) is 0 Å². The molecule has 1 aliphatic rings. The molecule has 0 unspecified atom stereocenters. The molecule has 0 saturated carbocycles.